The molecule has 20 atom stereocenters. The first-order valence-corrected chi connectivity index (χ1v) is 32.6. The number of benzene rings is 2. The Morgan fingerprint density at radius 2 is 0.943 bits per heavy atom. The van der Waals surface area contributed by atoms with Gasteiger partial charge in [0.2, 0.25) is 47.5 Å². The zero-order valence-corrected chi connectivity index (χ0v) is 49.9. The van der Waals surface area contributed by atoms with Crippen LogP contribution < -0.4 is 10.0 Å². The first-order chi connectivity index (χ1) is 40.3. The minimum Gasteiger partial charge on any atom is -0.735 e. The number of nitrogens with one attached hydrogen (secondary N) is 2. The average Bonchev–Trinajstić information content (AvgIpc) is 1.05. The van der Waals surface area contributed by atoms with Crippen molar-refractivity contribution in [3.05, 3.63) is 71.3 Å². The third-order valence-corrected chi connectivity index (χ3v) is 16.2. The summed E-state index contributed by atoms with van der Waals surface area (Å²) in [5, 5.41) is 48.9. The van der Waals surface area contributed by atoms with Gasteiger partial charge in [-0.15, -0.1) is 0 Å². The fourth-order valence-corrected chi connectivity index (χ4v) is 12.2. The van der Waals surface area contributed by atoms with Crippen LogP contribution in [0.4, 0.5) is 0 Å². The number of hydrogen-bond donors (Lipinski definition) is 6. The number of carbonyl (C=O) groups is 3. The van der Waals surface area contributed by atoms with Crippen molar-refractivity contribution in [2.24, 2.45) is 0 Å². The van der Waals surface area contributed by atoms with Crippen molar-refractivity contribution in [3.63, 3.8) is 0 Å². The number of ketones is 2. The maximum Gasteiger partial charge on any atom is 0.220 e. The topological polar surface area (TPSA) is 553 Å². The van der Waals surface area contributed by atoms with Crippen LogP contribution in [0, 0.1) is 0 Å². The van der Waals surface area contributed by atoms with Crippen molar-refractivity contribution in [3.8, 4) is 0 Å². The predicted octanol–water partition coefficient (Wildman–Crippen LogP) is -4.79. The molecule has 0 saturated carbocycles. The molecule has 4 fully saturated rings. The van der Waals surface area contributed by atoms with Crippen LogP contribution in [0.5, 0.6) is 0 Å². The first kappa shape index (κ1) is 72.2. The van der Waals surface area contributed by atoms with Gasteiger partial charge in [-0.1, -0.05) is 61.0 Å². The molecule has 87 heavy (non-hydrogen) atoms. The normalized spacial score (nSPS) is 33.8. The van der Waals surface area contributed by atoms with E-state index in [4.69, 9.17) is 37.9 Å². The van der Waals surface area contributed by atoms with E-state index in [-0.39, 0.29) is 42.8 Å². The van der Waals surface area contributed by atoms with Crippen LogP contribution in [-0.4, -0.2) is 246 Å². The Morgan fingerprint density at radius 3 is 1.44 bits per heavy atom. The van der Waals surface area contributed by atoms with Gasteiger partial charge in [0.05, 0.1) is 37.6 Å². The summed E-state index contributed by atoms with van der Waals surface area (Å²) in [6.45, 7) is 0.499. The Kier molecular flexibility index (Phi) is 24.9. The number of unbranched alkanes of at least 4 members (excludes halogenated alkanes) is 2. The van der Waals surface area contributed by atoms with Crippen LogP contribution in [0.2, 0.25) is 0 Å². The van der Waals surface area contributed by atoms with Crippen LogP contribution in [0.1, 0.15) is 79.2 Å². The summed E-state index contributed by atoms with van der Waals surface area (Å²) >= 11 is 0. The number of rotatable bonds is 29. The van der Waals surface area contributed by atoms with E-state index in [9.17, 15) is 99.7 Å². The molecule has 2 aromatic carbocycles. The van der Waals surface area contributed by atoms with E-state index in [0.717, 1.165) is 21.0 Å². The van der Waals surface area contributed by atoms with Crippen LogP contribution in [0.25, 0.3) is 0 Å². The second-order valence-electron chi connectivity index (χ2n) is 20.1. The summed E-state index contributed by atoms with van der Waals surface area (Å²) in [4.78, 5) is 39.8. The summed E-state index contributed by atoms with van der Waals surface area (Å²) in [7, 11) is -27.5. The van der Waals surface area contributed by atoms with Gasteiger partial charge in [0.15, 0.2) is 52.9 Å². The minimum absolute atomic E-state index is 0.00471. The second-order valence-corrected chi connectivity index (χ2v) is 25.3. The fourth-order valence-electron chi connectivity index (χ4n) is 9.95. The van der Waals surface area contributed by atoms with E-state index in [1.54, 1.807) is 30.3 Å². The van der Waals surface area contributed by atoms with Gasteiger partial charge in [-0.25, -0.2) is 46.8 Å². The predicted molar refractivity (Wildman–Crippen MR) is 274 cm³/mol. The van der Waals surface area contributed by atoms with Crippen LogP contribution >= 0.6 is 0 Å². The van der Waals surface area contributed by atoms with Gasteiger partial charge < -0.3 is 86.4 Å². The molecule has 2 aromatic rings. The van der Waals surface area contributed by atoms with Crippen molar-refractivity contribution in [1.29, 1.82) is 0 Å². The molecule has 41 heteroatoms. The van der Waals surface area contributed by atoms with E-state index >= 15 is 0 Å². The summed E-state index contributed by atoms with van der Waals surface area (Å²) in [5.41, 5.74) is 1.04. The molecule has 494 valence electrons. The average molecular weight is 1350 g/mol. The molecule has 8 unspecified atom stereocenters. The number of hydrogen-bond acceptors (Lipinski definition) is 34. The molecule has 4 saturated heterocycles. The highest BCUT2D eigenvalue weighted by molar-refractivity contribution is 7.83. The lowest BCUT2D eigenvalue weighted by molar-refractivity contribution is -0.367. The number of amides is 1. The van der Waals surface area contributed by atoms with E-state index in [1.807, 2.05) is 0 Å². The van der Waals surface area contributed by atoms with E-state index in [2.05, 4.69) is 22.0 Å². The third-order valence-electron chi connectivity index (χ3n) is 13.9. The Balaban J connectivity index is 1.28. The highest BCUT2D eigenvalue weighted by Crippen LogP contribution is 2.37. The molecular formula is C46H61N2O34S5-5. The Labute approximate surface area is 498 Å². The molecule has 4 heterocycles. The van der Waals surface area contributed by atoms with Gasteiger partial charge in [0.1, 0.15) is 67.1 Å². The van der Waals surface area contributed by atoms with Crippen molar-refractivity contribution in [1.82, 2.24) is 10.0 Å². The highest BCUT2D eigenvalue weighted by atomic mass is 32.3. The summed E-state index contributed by atoms with van der Waals surface area (Å²) in [6, 6.07) is 10.2. The molecular weight excluding hydrogens is 1280 g/mol. The number of Topliss-reactive ketones (excluding diaryl/α,β-unsaturated/α-hetero) is 1. The van der Waals surface area contributed by atoms with Crippen LogP contribution in [0.3, 0.4) is 0 Å². The molecule has 6 rings (SSSR count). The second kappa shape index (κ2) is 30.0. The fraction of sp³-hybridized carbons (Fsp3) is 0.674. The zero-order chi connectivity index (χ0) is 64.7. The summed E-state index contributed by atoms with van der Waals surface area (Å²) in [6.07, 6.45) is -38.9. The quantitative estimate of drug-likeness (QED) is 0.0193. The number of ether oxygens (including phenoxy) is 8. The van der Waals surface area contributed by atoms with Crippen molar-refractivity contribution in [2.45, 2.75) is 175 Å². The lowest BCUT2D eigenvalue weighted by atomic mass is 9.93. The lowest BCUT2D eigenvalue weighted by Crippen LogP contribution is -2.70. The van der Waals surface area contributed by atoms with Crippen molar-refractivity contribution < 1.29 is 154 Å². The van der Waals surface area contributed by atoms with E-state index in [0.29, 0.717) is 11.1 Å². The Morgan fingerprint density at radius 1 is 0.494 bits per heavy atom. The van der Waals surface area contributed by atoms with Gasteiger partial charge in [-0.05, 0) is 33.6 Å². The smallest absolute Gasteiger partial charge is 0.220 e. The molecule has 36 nitrogen and oxygen atoms in total. The number of aliphatic hydroxyl groups excluding tert-OH is 4. The highest BCUT2D eigenvalue weighted by Gasteiger charge is 2.57. The van der Waals surface area contributed by atoms with Gasteiger partial charge >= 0.3 is 0 Å². The Hall–Kier alpha value is -3.88. The molecule has 0 bridgehead atoms. The number of aliphatic hydroxyl groups is 4. The van der Waals surface area contributed by atoms with Gasteiger partial charge in [0.25, 0.3) is 0 Å². The van der Waals surface area contributed by atoms with Crippen molar-refractivity contribution in [2.75, 3.05) is 20.3 Å². The monoisotopic (exact) mass is 1350 g/mol. The maximum absolute atomic E-state index is 13.9. The Bertz CT molecular complexity index is 3240. The first-order valence-electron chi connectivity index (χ1n) is 25.9. The molecule has 4 aliphatic heterocycles. The third kappa shape index (κ3) is 20.8. The molecule has 0 radical (unpaired) electrons. The van der Waals surface area contributed by atoms with Crippen molar-refractivity contribution >= 4 is 69.4 Å². The van der Waals surface area contributed by atoms with Gasteiger partial charge in [-0.3, -0.25) is 31.1 Å². The lowest BCUT2D eigenvalue weighted by Gasteiger charge is -2.50. The molecule has 0 aromatic heterocycles. The van der Waals surface area contributed by atoms with Crippen LogP contribution in [0.15, 0.2) is 54.6 Å². The number of methoxy groups -OCH3 is 1. The van der Waals surface area contributed by atoms with Gasteiger partial charge in [-0.2, -0.15) is 0 Å². The standard InChI is InChI=1S/C46H66N2O34S5/c1-21-31(48-83(56,57)58)34(52)40(28(74-21)19-72-84(59,60)61)79-46-43(82-87(68,69)70)37(55)39(23(3)76-46)78-44-32(47-30(50)14-10-6-9-13-27(49)24-15-17-26(18-16-24)33(51)25-11-7-5-8-12-25)35(53)41(29(77-44)20-73-85(62,63)64)80-45-42(81-86(65,66)67)36(54)38(71-4)22(2)75-45/h5,7-8,11-12,15-18,21-23,28-29,31-32,34-46,48,52-55H,6,9-10,13-14,19-20H2,1-4H3,(H,47,50)(H,56,57,58)(H,59,60,61)(H,62,63,64)(H,65,66,67)(H,68,69,70)/p-5/t21-,22?,23?,28?,29?,31?,32?,34-,35-,36-,37-,38-,39-,40+,41+,42?,43?,44+,45+,46+/m1/s1. The molecule has 0 spiro atoms. The minimum atomic E-state index is -6.05. The molecule has 0 aliphatic carbocycles. The maximum atomic E-state index is 13.9. The molecule has 6 N–H and O–H groups in total. The molecule has 1 amide bonds. The largest absolute Gasteiger partial charge is 0.735 e. The van der Waals surface area contributed by atoms with E-state index < -0.39 is 200 Å². The summed E-state index contributed by atoms with van der Waals surface area (Å²) in [5.74, 6) is -1.58. The van der Waals surface area contributed by atoms with Crippen LogP contribution in [-0.2, 0) is 111 Å². The number of carbonyl (C=O) groups excluding carboxylic acids is 3. The zero-order valence-electron chi connectivity index (χ0n) is 45.8. The van der Waals surface area contributed by atoms with Gasteiger partial charge in [0, 0.05) is 36.6 Å². The summed E-state index contributed by atoms with van der Waals surface area (Å²) < 4.78 is 242. The molecule has 4 aliphatic rings. The van der Waals surface area contributed by atoms with E-state index in [1.165, 1.54) is 35.9 Å². The SMILES string of the molecule is CO[C@@H]1C(C)O[C@@H](O[C@H]2C(COS(=O)(=O)[O-])O[C@@H](O[C@@H]3C(C)O[C@@H](O[C@H]4C(COS(=O)(=O)[O-])O[C@H](C)C(NS(=O)(=O)[O-])[C@H]4O)C(OS(=O)(=O)[O-])[C@@H]3O)C(NC(=O)CCCCCC(=O)c3ccc(C(=O)c4ccccc4)cc3)[C@H]2O)C(OS(=O)(=O)[O-])[C@@H]1O.